The number of nitrogen functional groups attached to an aromatic ring is 1. The molecule has 2 aromatic rings. The van der Waals surface area contributed by atoms with E-state index in [2.05, 4.69) is 10.2 Å². The third kappa shape index (κ3) is 3.79. The maximum atomic E-state index is 11.8. The Morgan fingerprint density at radius 2 is 2.05 bits per heavy atom. The molecule has 0 aliphatic rings. The highest BCUT2D eigenvalue weighted by atomic mass is 32.2. The van der Waals surface area contributed by atoms with Gasteiger partial charge in [-0.25, -0.2) is 4.68 Å². The molecule has 22 heavy (non-hydrogen) atoms. The van der Waals surface area contributed by atoms with Crippen LogP contribution in [-0.4, -0.2) is 32.7 Å². The number of nitrogens with two attached hydrogens (primary N) is 1. The lowest BCUT2D eigenvalue weighted by Gasteiger charge is -2.10. The minimum atomic E-state index is -0.385. The van der Waals surface area contributed by atoms with Gasteiger partial charge in [-0.2, -0.15) is 0 Å². The van der Waals surface area contributed by atoms with Crippen molar-refractivity contribution in [3.8, 4) is 11.4 Å². The Morgan fingerprint density at radius 3 is 2.68 bits per heavy atom. The molecule has 6 nitrogen and oxygen atoms in total. The van der Waals surface area contributed by atoms with Crippen LogP contribution >= 0.6 is 11.8 Å². The number of hydrogen-bond acceptors (Lipinski definition) is 6. The first-order valence-electron chi connectivity index (χ1n) is 7.13. The highest BCUT2D eigenvalue weighted by Gasteiger charge is 2.20. The number of carbonyl (C=O) groups excluding carboxylic acids is 1. The molecule has 0 spiro atoms. The Morgan fingerprint density at radius 1 is 1.36 bits per heavy atom. The Labute approximate surface area is 134 Å². The summed E-state index contributed by atoms with van der Waals surface area (Å²) >= 11 is 1.24. The van der Waals surface area contributed by atoms with Crippen molar-refractivity contribution in [3.05, 3.63) is 29.8 Å². The second kappa shape index (κ2) is 7.31. The number of nitrogens with zero attached hydrogens (tertiary/aromatic N) is 3. The van der Waals surface area contributed by atoms with Crippen LogP contribution in [0.15, 0.2) is 29.4 Å². The summed E-state index contributed by atoms with van der Waals surface area (Å²) < 4.78 is 6.51. The van der Waals surface area contributed by atoms with Gasteiger partial charge in [-0.3, -0.25) is 4.79 Å². The van der Waals surface area contributed by atoms with Crippen molar-refractivity contribution in [1.29, 1.82) is 0 Å². The van der Waals surface area contributed by atoms with Gasteiger partial charge in [-0.1, -0.05) is 48.5 Å². The van der Waals surface area contributed by atoms with Gasteiger partial charge in [0.1, 0.15) is 5.25 Å². The van der Waals surface area contributed by atoms with E-state index in [1.807, 2.05) is 38.1 Å². The topological polar surface area (TPSA) is 83.0 Å². The second-order valence-corrected chi connectivity index (χ2v) is 6.28. The third-order valence-electron chi connectivity index (χ3n) is 3.04. The quantitative estimate of drug-likeness (QED) is 0.500. The summed E-state index contributed by atoms with van der Waals surface area (Å²) in [7, 11) is 0. The van der Waals surface area contributed by atoms with E-state index in [-0.39, 0.29) is 11.2 Å². The normalized spacial score (nSPS) is 12.1. The largest absolute Gasteiger partial charge is 0.465 e. The maximum absolute atomic E-state index is 11.8. The van der Waals surface area contributed by atoms with Crippen LogP contribution in [0.4, 0.5) is 0 Å². The molecule has 1 atom stereocenters. The predicted octanol–water partition coefficient (Wildman–Crippen LogP) is 2.40. The molecule has 0 fully saturated rings. The number of rotatable bonds is 6. The van der Waals surface area contributed by atoms with Crippen molar-refractivity contribution in [3.63, 3.8) is 0 Å². The van der Waals surface area contributed by atoms with E-state index in [1.54, 1.807) is 6.92 Å². The first kappa shape index (κ1) is 16.4. The fourth-order valence-electron chi connectivity index (χ4n) is 1.78. The molecule has 118 valence electrons. The lowest BCUT2D eigenvalue weighted by Crippen LogP contribution is -2.19. The molecular weight excluding hydrogens is 300 g/mol. The van der Waals surface area contributed by atoms with E-state index in [9.17, 15) is 4.79 Å². The van der Waals surface area contributed by atoms with Gasteiger partial charge in [-0.15, -0.1) is 10.2 Å². The van der Waals surface area contributed by atoms with E-state index in [0.717, 1.165) is 17.5 Å². The molecule has 2 N–H and O–H groups in total. The molecule has 0 aliphatic carbocycles. The minimum absolute atomic E-state index is 0.272. The fourth-order valence-corrected chi connectivity index (χ4v) is 2.55. The fraction of sp³-hybridized carbons (Fsp3) is 0.400. The number of ether oxygens (including phenoxy) is 1. The van der Waals surface area contributed by atoms with Crippen LogP contribution in [0.2, 0.25) is 0 Å². The molecule has 0 radical (unpaired) electrons. The number of benzene rings is 1. The van der Waals surface area contributed by atoms with Crippen molar-refractivity contribution in [2.75, 3.05) is 12.4 Å². The lowest BCUT2D eigenvalue weighted by molar-refractivity contribution is -0.142. The Balaban J connectivity index is 2.11. The van der Waals surface area contributed by atoms with Crippen LogP contribution in [0.1, 0.15) is 25.8 Å². The zero-order valence-electron chi connectivity index (χ0n) is 12.9. The van der Waals surface area contributed by atoms with Gasteiger partial charge in [0, 0.05) is 5.56 Å². The van der Waals surface area contributed by atoms with Gasteiger partial charge in [0.25, 0.3) is 0 Å². The molecule has 1 aromatic heterocycles. The van der Waals surface area contributed by atoms with Crippen molar-refractivity contribution in [2.24, 2.45) is 0 Å². The van der Waals surface area contributed by atoms with Crippen LogP contribution < -0.4 is 5.84 Å². The summed E-state index contributed by atoms with van der Waals surface area (Å²) in [4.78, 5) is 11.8. The number of esters is 1. The molecule has 1 aromatic carbocycles. The highest BCUT2D eigenvalue weighted by molar-refractivity contribution is 8.00. The monoisotopic (exact) mass is 320 g/mol. The van der Waals surface area contributed by atoms with E-state index in [4.69, 9.17) is 10.6 Å². The molecule has 0 saturated carbocycles. The SMILES string of the molecule is CCCOC(=O)C(C)Sc1nnc(-c2ccc(C)cc2)n1N. The van der Waals surface area contributed by atoms with Gasteiger partial charge in [0.2, 0.25) is 5.16 Å². The Bertz CT molecular complexity index is 639. The summed E-state index contributed by atoms with van der Waals surface area (Å²) in [5.41, 5.74) is 2.04. The molecule has 7 heteroatoms. The van der Waals surface area contributed by atoms with Gasteiger partial charge >= 0.3 is 5.97 Å². The minimum Gasteiger partial charge on any atom is -0.465 e. The Hall–Kier alpha value is -2.02. The number of carbonyl (C=O) groups is 1. The zero-order chi connectivity index (χ0) is 16.1. The molecule has 0 aliphatic heterocycles. The van der Waals surface area contributed by atoms with Gasteiger partial charge in [0.05, 0.1) is 6.61 Å². The summed E-state index contributed by atoms with van der Waals surface area (Å²) in [5, 5.41) is 8.26. The summed E-state index contributed by atoms with van der Waals surface area (Å²) in [6.45, 7) is 6.16. The first-order chi connectivity index (χ1) is 10.5. The van der Waals surface area contributed by atoms with Crippen molar-refractivity contribution < 1.29 is 9.53 Å². The summed E-state index contributed by atoms with van der Waals surface area (Å²) in [6, 6.07) is 7.86. The molecule has 2 rings (SSSR count). The van der Waals surface area contributed by atoms with Crippen LogP contribution in [-0.2, 0) is 9.53 Å². The standard InChI is InChI=1S/C15H20N4O2S/c1-4-9-21-14(20)11(3)22-15-18-17-13(19(15)16)12-7-5-10(2)6-8-12/h5-8,11H,4,9,16H2,1-3H3. The molecule has 1 unspecified atom stereocenters. The number of aromatic nitrogens is 3. The van der Waals surface area contributed by atoms with Crippen LogP contribution in [0.5, 0.6) is 0 Å². The first-order valence-corrected chi connectivity index (χ1v) is 8.01. The van der Waals surface area contributed by atoms with Gasteiger partial charge in [0.15, 0.2) is 5.82 Å². The molecule has 1 heterocycles. The van der Waals surface area contributed by atoms with Gasteiger partial charge < -0.3 is 10.6 Å². The zero-order valence-corrected chi connectivity index (χ0v) is 13.8. The van der Waals surface area contributed by atoms with Crippen molar-refractivity contribution >= 4 is 17.7 Å². The van der Waals surface area contributed by atoms with E-state index >= 15 is 0 Å². The maximum Gasteiger partial charge on any atom is 0.319 e. The average molecular weight is 320 g/mol. The summed E-state index contributed by atoms with van der Waals surface area (Å²) in [6.07, 6.45) is 0.799. The highest BCUT2D eigenvalue weighted by Crippen LogP contribution is 2.25. The molecule has 0 saturated heterocycles. The van der Waals surface area contributed by atoms with E-state index in [0.29, 0.717) is 17.6 Å². The average Bonchev–Trinajstić information content (AvgIpc) is 2.86. The van der Waals surface area contributed by atoms with E-state index in [1.165, 1.54) is 16.4 Å². The van der Waals surface area contributed by atoms with Gasteiger partial charge in [-0.05, 0) is 20.3 Å². The molecule has 0 bridgehead atoms. The van der Waals surface area contributed by atoms with Crippen LogP contribution in [0, 0.1) is 6.92 Å². The predicted molar refractivity (Wildman–Crippen MR) is 86.9 cm³/mol. The number of hydrogen-bond donors (Lipinski definition) is 1. The van der Waals surface area contributed by atoms with Crippen molar-refractivity contribution in [2.45, 2.75) is 37.6 Å². The summed E-state index contributed by atoms with van der Waals surface area (Å²) in [5.74, 6) is 6.34. The molecule has 0 amide bonds. The number of thioether (sulfide) groups is 1. The Kier molecular flexibility index (Phi) is 5.43. The van der Waals surface area contributed by atoms with Crippen molar-refractivity contribution in [1.82, 2.24) is 14.9 Å². The lowest BCUT2D eigenvalue weighted by atomic mass is 10.1. The second-order valence-electron chi connectivity index (χ2n) is 4.97. The van der Waals surface area contributed by atoms with Crippen LogP contribution in [0.3, 0.4) is 0 Å². The number of aryl methyl sites for hydroxylation is 1. The van der Waals surface area contributed by atoms with Crippen LogP contribution in [0.25, 0.3) is 11.4 Å². The smallest absolute Gasteiger partial charge is 0.319 e. The van der Waals surface area contributed by atoms with E-state index < -0.39 is 0 Å². The third-order valence-corrected chi connectivity index (χ3v) is 4.07. The molecular formula is C15H20N4O2S.